The third-order valence-electron chi connectivity index (χ3n) is 2.28. The maximum absolute atomic E-state index is 5.71. The number of aliphatic imine (C=N–C) groups is 1. The van der Waals surface area contributed by atoms with Gasteiger partial charge in [-0.15, -0.1) is 0 Å². The molecule has 19 heavy (non-hydrogen) atoms. The molecule has 0 spiro atoms. The fraction of sp³-hybridized carbons (Fsp3) is 0.167. The summed E-state index contributed by atoms with van der Waals surface area (Å²) >= 11 is 9.37. The van der Waals surface area contributed by atoms with Gasteiger partial charge in [-0.05, 0) is 53.3 Å². The van der Waals surface area contributed by atoms with Gasteiger partial charge in [0.1, 0.15) is 11.4 Å². The molecule has 0 bridgehead atoms. The molecule has 2 rings (SSSR count). The van der Waals surface area contributed by atoms with Gasteiger partial charge in [0.15, 0.2) is 10.1 Å². The van der Waals surface area contributed by atoms with E-state index in [2.05, 4.69) is 43.3 Å². The Labute approximate surface area is 128 Å². The maximum atomic E-state index is 5.71. The summed E-state index contributed by atoms with van der Waals surface area (Å²) in [6.45, 7) is 2.55. The summed E-state index contributed by atoms with van der Waals surface area (Å²) in [5, 5.41) is 3.44. The zero-order valence-corrected chi connectivity index (χ0v) is 13.2. The number of nitrogens with zero attached hydrogens (tertiary/aromatic N) is 2. The van der Waals surface area contributed by atoms with Crippen LogP contribution in [0.5, 0.6) is 5.75 Å². The van der Waals surface area contributed by atoms with Crippen molar-refractivity contribution in [2.24, 2.45) is 4.99 Å². The van der Waals surface area contributed by atoms with Crippen molar-refractivity contribution in [3.05, 3.63) is 22.7 Å². The number of aromatic nitrogens is 1. The number of ether oxygens (including phenoxy) is 1. The van der Waals surface area contributed by atoms with E-state index in [1.54, 1.807) is 0 Å². The number of thiazole rings is 1. The lowest BCUT2D eigenvalue weighted by Crippen LogP contribution is -1.92. The first kappa shape index (κ1) is 14.1. The Bertz CT molecular complexity index is 650. The second-order valence-electron chi connectivity index (χ2n) is 3.49. The van der Waals surface area contributed by atoms with Crippen molar-refractivity contribution in [3.8, 4) is 17.0 Å². The average molecular weight is 356 g/mol. The van der Waals surface area contributed by atoms with Crippen LogP contribution < -0.4 is 10.5 Å². The molecule has 0 saturated carbocycles. The molecule has 0 amide bonds. The number of rotatable bonds is 4. The Morgan fingerprint density at radius 3 is 3.00 bits per heavy atom. The van der Waals surface area contributed by atoms with Gasteiger partial charge in [0.05, 0.1) is 16.2 Å². The van der Waals surface area contributed by atoms with Crippen LogP contribution in [0.4, 0.5) is 10.1 Å². The van der Waals surface area contributed by atoms with Gasteiger partial charge in [-0.2, -0.15) is 4.99 Å². The number of hydrogen-bond donors (Lipinski definition) is 1. The van der Waals surface area contributed by atoms with Crippen molar-refractivity contribution in [3.63, 3.8) is 0 Å². The minimum atomic E-state index is 0.448. The standard InChI is InChI=1S/C12H10BrN3OS2/c1-2-17-9-4-3-7(5-8(9)13)10-11(15-6-18)19-12(14)16-10/h3-5H,2H2,1H3,(H2,14,16). The van der Waals surface area contributed by atoms with Gasteiger partial charge >= 0.3 is 0 Å². The molecule has 1 aromatic heterocycles. The normalized spacial score (nSPS) is 10.0. The van der Waals surface area contributed by atoms with Crippen LogP contribution in [0, 0.1) is 0 Å². The van der Waals surface area contributed by atoms with Crippen LogP contribution in [-0.4, -0.2) is 16.8 Å². The van der Waals surface area contributed by atoms with Crippen LogP contribution >= 0.6 is 39.5 Å². The van der Waals surface area contributed by atoms with Crippen molar-refractivity contribution in [1.82, 2.24) is 4.98 Å². The van der Waals surface area contributed by atoms with Gasteiger partial charge in [0.2, 0.25) is 0 Å². The van der Waals surface area contributed by atoms with Crippen LogP contribution in [-0.2, 0) is 0 Å². The third-order valence-corrected chi connectivity index (χ3v) is 3.77. The van der Waals surface area contributed by atoms with Crippen molar-refractivity contribution < 1.29 is 4.74 Å². The molecule has 1 aromatic carbocycles. The molecule has 0 aliphatic carbocycles. The maximum Gasteiger partial charge on any atom is 0.182 e. The smallest absolute Gasteiger partial charge is 0.182 e. The highest BCUT2D eigenvalue weighted by Gasteiger charge is 2.13. The van der Waals surface area contributed by atoms with Gasteiger partial charge in [0, 0.05) is 5.56 Å². The van der Waals surface area contributed by atoms with E-state index in [9.17, 15) is 0 Å². The molecule has 98 valence electrons. The molecule has 0 saturated heterocycles. The minimum Gasteiger partial charge on any atom is -0.493 e. The number of thiocarbonyl (C=S) groups is 1. The molecule has 4 nitrogen and oxygen atoms in total. The van der Waals surface area contributed by atoms with Crippen molar-refractivity contribution in [2.75, 3.05) is 12.3 Å². The summed E-state index contributed by atoms with van der Waals surface area (Å²) in [5.74, 6) is 0.786. The first-order valence-electron chi connectivity index (χ1n) is 5.42. The number of isothiocyanates is 1. The van der Waals surface area contributed by atoms with Crippen LogP contribution in [0.1, 0.15) is 6.92 Å². The van der Waals surface area contributed by atoms with Gasteiger partial charge in [-0.1, -0.05) is 11.3 Å². The molecule has 7 heteroatoms. The molecular weight excluding hydrogens is 346 g/mol. The molecule has 1 heterocycles. The second-order valence-corrected chi connectivity index (χ2v) is 5.53. The van der Waals surface area contributed by atoms with E-state index in [0.29, 0.717) is 22.4 Å². The largest absolute Gasteiger partial charge is 0.493 e. The molecule has 2 N–H and O–H groups in total. The third kappa shape index (κ3) is 3.19. The number of halogens is 1. The number of nitrogens with two attached hydrogens (primary N) is 1. The predicted octanol–water partition coefficient (Wildman–Crippen LogP) is 4.29. The second kappa shape index (κ2) is 6.25. The molecule has 0 aliphatic rings. The predicted molar refractivity (Wildman–Crippen MR) is 85.5 cm³/mol. The zero-order valence-electron chi connectivity index (χ0n) is 10.0. The molecular formula is C12H10BrN3OS2. The van der Waals surface area contributed by atoms with Crippen molar-refractivity contribution >= 4 is 54.8 Å². The van der Waals surface area contributed by atoms with Crippen LogP contribution in [0.15, 0.2) is 27.7 Å². The quantitative estimate of drug-likeness (QED) is 0.656. The summed E-state index contributed by atoms with van der Waals surface area (Å²) in [6, 6.07) is 5.71. The summed E-state index contributed by atoms with van der Waals surface area (Å²) in [6.07, 6.45) is 0. The number of anilines is 1. The van der Waals surface area contributed by atoms with E-state index in [4.69, 9.17) is 10.5 Å². The fourth-order valence-electron chi connectivity index (χ4n) is 1.55. The Hall–Kier alpha value is -1.27. The highest BCUT2D eigenvalue weighted by atomic mass is 79.9. The average Bonchev–Trinajstić information content (AvgIpc) is 2.74. The molecule has 0 radical (unpaired) electrons. The number of hydrogen-bond acceptors (Lipinski definition) is 6. The Morgan fingerprint density at radius 1 is 1.58 bits per heavy atom. The Balaban J connectivity index is 2.47. The summed E-state index contributed by atoms with van der Waals surface area (Å²) < 4.78 is 6.33. The van der Waals surface area contributed by atoms with E-state index in [1.165, 1.54) is 11.3 Å². The molecule has 0 unspecified atom stereocenters. The first-order chi connectivity index (χ1) is 9.15. The van der Waals surface area contributed by atoms with Crippen LogP contribution in [0.3, 0.4) is 0 Å². The Kier molecular flexibility index (Phi) is 4.66. The lowest BCUT2D eigenvalue weighted by atomic mass is 10.1. The first-order valence-corrected chi connectivity index (χ1v) is 7.44. The number of benzene rings is 1. The molecule has 0 aliphatic heterocycles. The van der Waals surface area contributed by atoms with E-state index in [0.717, 1.165) is 15.8 Å². The topological polar surface area (TPSA) is 60.5 Å². The van der Waals surface area contributed by atoms with E-state index in [1.807, 2.05) is 25.1 Å². The monoisotopic (exact) mass is 355 g/mol. The van der Waals surface area contributed by atoms with Gasteiger partial charge in [0.25, 0.3) is 0 Å². The van der Waals surface area contributed by atoms with Crippen LogP contribution in [0.2, 0.25) is 0 Å². The van der Waals surface area contributed by atoms with Crippen molar-refractivity contribution in [2.45, 2.75) is 6.92 Å². The molecule has 0 fully saturated rings. The van der Waals surface area contributed by atoms with Gasteiger partial charge in [-0.3, -0.25) is 0 Å². The van der Waals surface area contributed by atoms with Crippen LogP contribution in [0.25, 0.3) is 11.3 Å². The fourth-order valence-corrected chi connectivity index (χ4v) is 2.88. The van der Waals surface area contributed by atoms with E-state index >= 15 is 0 Å². The van der Waals surface area contributed by atoms with E-state index < -0.39 is 0 Å². The highest BCUT2D eigenvalue weighted by molar-refractivity contribution is 9.10. The van der Waals surface area contributed by atoms with E-state index in [-0.39, 0.29) is 0 Å². The SMILES string of the molecule is CCOc1ccc(-c2nc(N)sc2N=C=S)cc1Br. The molecule has 2 aromatic rings. The van der Waals surface area contributed by atoms with Gasteiger partial charge < -0.3 is 10.5 Å². The summed E-state index contributed by atoms with van der Waals surface area (Å²) in [7, 11) is 0. The highest BCUT2D eigenvalue weighted by Crippen LogP contribution is 2.39. The number of nitrogen functional groups attached to an aromatic ring is 1. The summed E-state index contributed by atoms with van der Waals surface area (Å²) in [5.41, 5.74) is 7.31. The van der Waals surface area contributed by atoms with Gasteiger partial charge in [-0.25, -0.2) is 4.98 Å². The molecule has 0 atom stereocenters. The summed E-state index contributed by atoms with van der Waals surface area (Å²) in [4.78, 5) is 8.26. The van der Waals surface area contributed by atoms with Crippen molar-refractivity contribution in [1.29, 1.82) is 0 Å². The lowest BCUT2D eigenvalue weighted by Gasteiger charge is -2.07. The zero-order chi connectivity index (χ0) is 13.8. The lowest BCUT2D eigenvalue weighted by molar-refractivity contribution is 0.338. The Morgan fingerprint density at radius 2 is 2.37 bits per heavy atom. The minimum absolute atomic E-state index is 0.448.